The van der Waals surface area contributed by atoms with E-state index in [0.717, 1.165) is 13.1 Å². The second-order valence-electron chi connectivity index (χ2n) is 5.01. The van der Waals surface area contributed by atoms with Crippen molar-refractivity contribution < 1.29 is 4.74 Å². The SMILES string of the molecule is CCc1c(Cl)[nH]c(=O)n(C(C)CN2CCOCC2)c1=O. The molecule has 6 nitrogen and oxygen atoms in total. The Hall–Kier alpha value is -1.11. The van der Waals surface area contributed by atoms with Crippen LogP contribution in [0, 0.1) is 0 Å². The Balaban J connectivity index is 2.27. The summed E-state index contributed by atoms with van der Waals surface area (Å²) >= 11 is 5.91. The number of aromatic nitrogens is 2. The van der Waals surface area contributed by atoms with E-state index in [9.17, 15) is 9.59 Å². The number of H-pyrrole nitrogens is 1. The molecule has 1 aromatic rings. The van der Waals surface area contributed by atoms with Crippen molar-refractivity contribution >= 4 is 11.6 Å². The van der Waals surface area contributed by atoms with Crippen LogP contribution in [0.2, 0.25) is 5.15 Å². The maximum atomic E-state index is 12.3. The first kappa shape index (κ1) is 15.3. The smallest absolute Gasteiger partial charge is 0.329 e. The summed E-state index contributed by atoms with van der Waals surface area (Å²) in [5.41, 5.74) is -0.278. The van der Waals surface area contributed by atoms with Crippen molar-refractivity contribution in [3.8, 4) is 0 Å². The lowest BCUT2D eigenvalue weighted by molar-refractivity contribution is 0.0321. The van der Waals surface area contributed by atoms with Gasteiger partial charge < -0.3 is 4.74 Å². The lowest BCUT2D eigenvalue weighted by Gasteiger charge is -2.29. The van der Waals surface area contributed by atoms with Crippen LogP contribution in [0.15, 0.2) is 9.59 Å². The molecule has 20 heavy (non-hydrogen) atoms. The minimum absolute atomic E-state index is 0.150. The molecule has 1 unspecified atom stereocenters. The van der Waals surface area contributed by atoms with Gasteiger partial charge in [-0.15, -0.1) is 0 Å². The zero-order chi connectivity index (χ0) is 14.7. The number of ether oxygens (including phenoxy) is 1. The van der Waals surface area contributed by atoms with E-state index >= 15 is 0 Å². The maximum Gasteiger partial charge on any atom is 0.329 e. The zero-order valence-corrected chi connectivity index (χ0v) is 12.6. The van der Waals surface area contributed by atoms with Crippen molar-refractivity contribution in [2.75, 3.05) is 32.8 Å². The summed E-state index contributed by atoms with van der Waals surface area (Å²) in [7, 11) is 0. The van der Waals surface area contributed by atoms with Gasteiger partial charge in [0.1, 0.15) is 5.15 Å². The Bertz CT molecular complexity index is 575. The first-order chi connectivity index (χ1) is 9.54. The summed E-state index contributed by atoms with van der Waals surface area (Å²) in [5, 5.41) is 0.150. The Kier molecular flexibility index (Phi) is 5.01. The van der Waals surface area contributed by atoms with Crippen molar-refractivity contribution in [3.63, 3.8) is 0 Å². The fourth-order valence-corrected chi connectivity index (χ4v) is 2.80. The molecule has 0 saturated carbocycles. The third-order valence-electron chi connectivity index (χ3n) is 3.60. The van der Waals surface area contributed by atoms with Gasteiger partial charge in [0, 0.05) is 19.6 Å². The monoisotopic (exact) mass is 301 g/mol. The molecule has 1 aliphatic heterocycles. The van der Waals surface area contributed by atoms with Gasteiger partial charge in [-0.2, -0.15) is 0 Å². The summed E-state index contributed by atoms with van der Waals surface area (Å²) < 4.78 is 6.56. The number of nitrogens with one attached hydrogen (secondary N) is 1. The number of morpholine rings is 1. The van der Waals surface area contributed by atoms with Gasteiger partial charge in [-0.25, -0.2) is 4.79 Å². The van der Waals surface area contributed by atoms with Crippen molar-refractivity contribution in [2.24, 2.45) is 0 Å². The van der Waals surface area contributed by atoms with Crippen molar-refractivity contribution in [3.05, 3.63) is 31.6 Å². The molecule has 0 spiro atoms. The van der Waals surface area contributed by atoms with E-state index in [1.165, 1.54) is 4.57 Å². The summed E-state index contributed by atoms with van der Waals surface area (Å²) in [4.78, 5) is 29.1. The topological polar surface area (TPSA) is 67.3 Å². The number of rotatable bonds is 4. The highest BCUT2D eigenvalue weighted by molar-refractivity contribution is 6.30. The largest absolute Gasteiger partial charge is 0.379 e. The fourth-order valence-electron chi connectivity index (χ4n) is 2.51. The summed E-state index contributed by atoms with van der Waals surface area (Å²) in [6.45, 7) is 7.41. The van der Waals surface area contributed by atoms with Gasteiger partial charge in [0.15, 0.2) is 0 Å². The Morgan fingerprint density at radius 2 is 2.00 bits per heavy atom. The molecule has 0 aliphatic carbocycles. The third-order valence-corrected chi connectivity index (χ3v) is 3.92. The standard InChI is InChI=1S/C13H20ClN3O3/c1-3-10-11(14)15-13(19)17(12(10)18)9(2)8-16-4-6-20-7-5-16/h9H,3-8H2,1-2H3,(H,15,19). The van der Waals surface area contributed by atoms with Gasteiger partial charge in [-0.3, -0.25) is 19.2 Å². The number of aromatic amines is 1. The quantitative estimate of drug-likeness (QED) is 0.829. The zero-order valence-electron chi connectivity index (χ0n) is 11.8. The molecule has 7 heteroatoms. The van der Waals surface area contributed by atoms with Crippen LogP contribution in [-0.4, -0.2) is 47.3 Å². The summed E-state index contributed by atoms with van der Waals surface area (Å²) in [5.74, 6) is 0. The molecule has 0 bridgehead atoms. The third kappa shape index (κ3) is 3.13. The molecule has 1 N–H and O–H groups in total. The highest BCUT2D eigenvalue weighted by atomic mass is 35.5. The molecular weight excluding hydrogens is 282 g/mol. The van der Waals surface area contributed by atoms with E-state index < -0.39 is 5.69 Å². The lowest BCUT2D eigenvalue weighted by Crippen LogP contribution is -2.45. The van der Waals surface area contributed by atoms with E-state index in [4.69, 9.17) is 16.3 Å². The van der Waals surface area contributed by atoms with Crippen LogP contribution < -0.4 is 11.2 Å². The predicted octanol–water partition coefficient (Wildman–Crippen LogP) is 0.646. The Morgan fingerprint density at radius 1 is 1.35 bits per heavy atom. The molecule has 1 aromatic heterocycles. The highest BCUT2D eigenvalue weighted by Gasteiger charge is 2.19. The van der Waals surface area contributed by atoms with Crippen molar-refractivity contribution in [1.82, 2.24) is 14.5 Å². The average molecular weight is 302 g/mol. The molecule has 1 fully saturated rings. The molecule has 2 rings (SSSR count). The minimum atomic E-state index is -0.446. The lowest BCUT2D eigenvalue weighted by atomic mass is 10.2. The highest BCUT2D eigenvalue weighted by Crippen LogP contribution is 2.10. The first-order valence-corrected chi connectivity index (χ1v) is 7.25. The van der Waals surface area contributed by atoms with Crippen LogP contribution in [-0.2, 0) is 11.2 Å². The summed E-state index contributed by atoms with van der Waals surface area (Å²) in [6, 6.07) is -0.202. The van der Waals surface area contributed by atoms with E-state index in [2.05, 4.69) is 9.88 Å². The average Bonchev–Trinajstić information content (AvgIpc) is 2.39. The van der Waals surface area contributed by atoms with Crippen LogP contribution in [0.3, 0.4) is 0 Å². The van der Waals surface area contributed by atoms with Gasteiger partial charge in [-0.1, -0.05) is 18.5 Å². The van der Waals surface area contributed by atoms with Gasteiger partial charge in [0.25, 0.3) is 5.56 Å². The molecule has 1 aliphatic rings. The molecule has 0 amide bonds. The van der Waals surface area contributed by atoms with Gasteiger partial charge >= 0.3 is 5.69 Å². The predicted molar refractivity (Wildman–Crippen MR) is 77.7 cm³/mol. The van der Waals surface area contributed by atoms with Crippen LogP contribution in [0.4, 0.5) is 0 Å². The minimum Gasteiger partial charge on any atom is -0.379 e. The number of nitrogens with zero attached hydrogens (tertiary/aromatic N) is 2. The second kappa shape index (κ2) is 6.56. The Labute approximate surface area is 122 Å². The number of hydrogen-bond acceptors (Lipinski definition) is 4. The van der Waals surface area contributed by atoms with E-state index in [1.54, 1.807) is 0 Å². The van der Waals surface area contributed by atoms with Gasteiger partial charge in [0.05, 0.1) is 24.8 Å². The van der Waals surface area contributed by atoms with E-state index in [0.29, 0.717) is 31.7 Å². The molecule has 0 radical (unpaired) electrons. The van der Waals surface area contributed by atoms with Crippen molar-refractivity contribution in [1.29, 1.82) is 0 Å². The fraction of sp³-hybridized carbons (Fsp3) is 0.692. The van der Waals surface area contributed by atoms with Gasteiger partial charge in [-0.05, 0) is 13.3 Å². The number of halogens is 1. The van der Waals surface area contributed by atoms with Crippen LogP contribution in [0.5, 0.6) is 0 Å². The Morgan fingerprint density at radius 3 is 2.60 bits per heavy atom. The normalized spacial score (nSPS) is 18.1. The molecule has 2 heterocycles. The molecule has 1 atom stereocenters. The first-order valence-electron chi connectivity index (χ1n) is 6.87. The maximum absolute atomic E-state index is 12.3. The van der Waals surface area contributed by atoms with Crippen molar-refractivity contribution in [2.45, 2.75) is 26.3 Å². The van der Waals surface area contributed by atoms with E-state index in [-0.39, 0.29) is 16.8 Å². The van der Waals surface area contributed by atoms with Gasteiger partial charge in [0.2, 0.25) is 0 Å². The molecule has 112 valence electrons. The van der Waals surface area contributed by atoms with Crippen LogP contribution >= 0.6 is 11.6 Å². The second-order valence-corrected chi connectivity index (χ2v) is 5.39. The molecular formula is C13H20ClN3O3. The molecule has 1 saturated heterocycles. The van der Waals surface area contributed by atoms with Crippen LogP contribution in [0.1, 0.15) is 25.5 Å². The van der Waals surface area contributed by atoms with E-state index in [1.807, 2.05) is 13.8 Å². The van der Waals surface area contributed by atoms with Crippen LogP contribution in [0.25, 0.3) is 0 Å². The molecule has 0 aromatic carbocycles. The summed E-state index contributed by atoms with van der Waals surface area (Å²) in [6.07, 6.45) is 0.499. The number of hydrogen-bond donors (Lipinski definition) is 1.